The van der Waals surface area contributed by atoms with Crippen LogP contribution in [0.1, 0.15) is 0 Å². The summed E-state index contributed by atoms with van der Waals surface area (Å²) in [6.07, 6.45) is 3.56. The molecule has 0 unspecified atom stereocenters. The van der Waals surface area contributed by atoms with Gasteiger partial charge in [-0.2, -0.15) is 0 Å². The molecule has 0 saturated carbocycles. The lowest BCUT2D eigenvalue weighted by Crippen LogP contribution is -2.28. The number of hydrogen-bond donors (Lipinski definition) is 3. The third-order valence-electron chi connectivity index (χ3n) is 1.81. The van der Waals surface area contributed by atoms with Gasteiger partial charge in [0, 0.05) is 13.1 Å². The summed E-state index contributed by atoms with van der Waals surface area (Å²) in [5.41, 5.74) is 5.84. The first kappa shape index (κ1) is 12.5. The highest BCUT2D eigenvalue weighted by Gasteiger charge is 2.02. The van der Waals surface area contributed by atoms with Gasteiger partial charge in [-0.25, -0.2) is 4.79 Å². The molecule has 16 heavy (non-hydrogen) atoms. The largest absolute Gasteiger partial charge is 0.334 e. The first-order valence-corrected chi connectivity index (χ1v) is 5.26. The Morgan fingerprint density at radius 1 is 1.38 bits per heavy atom. The standard InChI is InChI=1S/C11H14ClN3O/c12-9-5-1-2-6-10(9)15-11(16)14-8-4-3-7-13/h1-6H,7-8,13H2,(H2,14,15,16)/b4-3+. The van der Waals surface area contributed by atoms with Crippen molar-refractivity contribution in [1.82, 2.24) is 5.32 Å². The van der Waals surface area contributed by atoms with Crippen molar-refractivity contribution in [1.29, 1.82) is 0 Å². The maximum atomic E-state index is 11.4. The first-order chi connectivity index (χ1) is 7.74. The highest BCUT2D eigenvalue weighted by atomic mass is 35.5. The summed E-state index contributed by atoms with van der Waals surface area (Å²) in [6, 6.07) is 6.75. The summed E-state index contributed by atoms with van der Waals surface area (Å²) < 4.78 is 0. The summed E-state index contributed by atoms with van der Waals surface area (Å²) in [7, 11) is 0. The minimum atomic E-state index is -0.297. The predicted octanol–water partition coefficient (Wildman–Crippen LogP) is 1.98. The molecule has 0 atom stereocenters. The first-order valence-electron chi connectivity index (χ1n) is 4.88. The number of amides is 2. The van der Waals surface area contributed by atoms with Crippen molar-refractivity contribution < 1.29 is 4.79 Å². The van der Waals surface area contributed by atoms with Crippen LogP contribution < -0.4 is 16.4 Å². The summed E-state index contributed by atoms with van der Waals surface area (Å²) in [5, 5.41) is 5.79. The van der Waals surface area contributed by atoms with Crippen LogP contribution in [0.3, 0.4) is 0 Å². The van der Waals surface area contributed by atoms with E-state index in [1.54, 1.807) is 36.4 Å². The van der Waals surface area contributed by atoms with E-state index in [1.165, 1.54) is 0 Å². The Morgan fingerprint density at radius 2 is 2.12 bits per heavy atom. The van der Waals surface area contributed by atoms with Crippen LogP contribution in [0, 0.1) is 0 Å². The van der Waals surface area contributed by atoms with Gasteiger partial charge in [0.2, 0.25) is 0 Å². The molecule has 86 valence electrons. The molecule has 1 aromatic carbocycles. The highest BCUT2D eigenvalue weighted by Crippen LogP contribution is 2.19. The SMILES string of the molecule is NC/C=C/CNC(=O)Nc1ccccc1Cl. The number of carbonyl (C=O) groups excluding carboxylic acids is 1. The van der Waals surface area contributed by atoms with E-state index in [9.17, 15) is 4.79 Å². The second-order valence-electron chi connectivity index (χ2n) is 3.02. The Hall–Kier alpha value is -1.52. The predicted molar refractivity (Wildman–Crippen MR) is 66.7 cm³/mol. The van der Waals surface area contributed by atoms with Gasteiger partial charge in [0.05, 0.1) is 10.7 Å². The number of para-hydroxylation sites is 1. The number of benzene rings is 1. The van der Waals surface area contributed by atoms with Gasteiger partial charge >= 0.3 is 6.03 Å². The lowest BCUT2D eigenvalue weighted by Gasteiger charge is -2.07. The normalized spacial score (nSPS) is 10.4. The van der Waals surface area contributed by atoms with Gasteiger partial charge in [-0.3, -0.25) is 0 Å². The van der Waals surface area contributed by atoms with Crippen LogP contribution >= 0.6 is 11.6 Å². The van der Waals surface area contributed by atoms with Crippen molar-refractivity contribution in [3.05, 3.63) is 41.4 Å². The van der Waals surface area contributed by atoms with Gasteiger partial charge in [-0.05, 0) is 12.1 Å². The van der Waals surface area contributed by atoms with Crippen LogP contribution in [0.15, 0.2) is 36.4 Å². The zero-order valence-electron chi connectivity index (χ0n) is 8.74. The van der Waals surface area contributed by atoms with Gasteiger partial charge in [0.25, 0.3) is 0 Å². The van der Waals surface area contributed by atoms with Gasteiger partial charge in [0.1, 0.15) is 0 Å². The number of nitrogens with two attached hydrogens (primary N) is 1. The average Bonchev–Trinajstić information content (AvgIpc) is 2.28. The molecule has 0 aliphatic heterocycles. The minimum Gasteiger partial charge on any atom is -0.334 e. The van der Waals surface area contributed by atoms with Crippen molar-refractivity contribution in [3.63, 3.8) is 0 Å². The number of anilines is 1. The van der Waals surface area contributed by atoms with E-state index in [4.69, 9.17) is 17.3 Å². The monoisotopic (exact) mass is 239 g/mol. The molecule has 0 radical (unpaired) electrons. The van der Waals surface area contributed by atoms with Crippen molar-refractivity contribution in [2.45, 2.75) is 0 Å². The van der Waals surface area contributed by atoms with Crippen LogP contribution in [-0.4, -0.2) is 19.1 Å². The fraction of sp³-hybridized carbons (Fsp3) is 0.182. The molecule has 0 spiro atoms. The second-order valence-corrected chi connectivity index (χ2v) is 3.43. The Morgan fingerprint density at radius 3 is 2.81 bits per heavy atom. The van der Waals surface area contributed by atoms with Crippen LogP contribution in [0.4, 0.5) is 10.5 Å². The van der Waals surface area contributed by atoms with E-state index >= 15 is 0 Å². The van der Waals surface area contributed by atoms with Gasteiger partial charge in [-0.15, -0.1) is 0 Å². The number of carbonyl (C=O) groups is 1. The summed E-state index contributed by atoms with van der Waals surface area (Å²) in [6.45, 7) is 0.904. The fourth-order valence-electron chi connectivity index (χ4n) is 1.06. The molecular weight excluding hydrogens is 226 g/mol. The molecule has 4 N–H and O–H groups in total. The Bertz CT molecular complexity index is 379. The number of hydrogen-bond acceptors (Lipinski definition) is 2. The molecule has 0 bridgehead atoms. The molecule has 2 amide bonds. The van der Waals surface area contributed by atoms with Crippen molar-refractivity contribution in [3.8, 4) is 0 Å². The van der Waals surface area contributed by atoms with Gasteiger partial charge in [0.15, 0.2) is 0 Å². The third kappa shape index (κ3) is 4.33. The Balaban J connectivity index is 2.40. The lowest BCUT2D eigenvalue weighted by atomic mass is 10.3. The van der Waals surface area contributed by atoms with Crippen LogP contribution in [-0.2, 0) is 0 Å². The van der Waals surface area contributed by atoms with Gasteiger partial charge < -0.3 is 16.4 Å². The van der Waals surface area contributed by atoms with Crippen molar-refractivity contribution >= 4 is 23.3 Å². The van der Waals surface area contributed by atoms with Crippen molar-refractivity contribution in [2.75, 3.05) is 18.4 Å². The zero-order valence-corrected chi connectivity index (χ0v) is 9.50. The fourth-order valence-corrected chi connectivity index (χ4v) is 1.24. The van der Waals surface area contributed by atoms with Crippen LogP contribution in [0.25, 0.3) is 0 Å². The minimum absolute atomic E-state index is 0.297. The summed E-state index contributed by atoms with van der Waals surface area (Å²) in [5.74, 6) is 0. The molecule has 0 fully saturated rings. The Kier molecular flexibility index (Phi) is 5.39. The van der Waals surface area contributed by atoms with Gasteiger partial charge in [-0.1, -0.05) is 35.9 Å². The molecule has 4 nitrogen and oxygen atoms in total. The smallest absolute Gasteiger partial charge is 0.319 e. The molecule has 0 aliphatic rings. The number of urea groups is 1. The molecule has 0 saturated heterocycles. The summed E-state index contributed by atoms with van der Waals surface area (Å²) in [4.78, 5) is 11.4. The molecular formula is C11H14ClN3O. The molecule has 1 rings (SSSR count). The molecule has 0 aromatic heterocycles. The highest BCUT2D eigenvalue weighted by molar-refractivity contribution is 6.33. The topological polar surface area (TPSA) is 67.1 Å². The molecule has 5 heteroatoms. The van der Waals surface area contributed by atoms with Crippen molar-refractivity contribution in [2.24, 2.45) is 5.73 Å². The maximum Gasteiger partial charge on any atom is 0.319 e. The molecule has 0 aliphatic carbocycles. The van der Waals surface area contributed by atoms with E-state index in [1.807, 2.05) is 0 Å². The van der Waals surface area contributed by atoms with Crippen LogP contribution in [0.2, 0.25) is 5.02 Å². The Labute approximate surface area is 99.5 Å². The molecule has 1 aromatic rings. The van der Waals surface area contributed by atoms with E-state index in [2.05, 4.69) is 10.6 Å². The van der Waals surface area contributed by atoms with E-state index in [0.717, 1.165) is 0 Å². The zero-order chi connectivity index (χ0) is 11.8. The van der Waals surface area contributed by atoms with E-state index in [-0.39, 0.29) is 6.03 Å². The number of rotatable bonds is 4. The lowest BCUT2D eigenvalue weighted by molar-refractivity contribution is 0.253. The number of nitrogens with one attached hydrogen (secondary N) is 2. The second kappa shape index (κ2) is 6.87. The maximum absolute atomic E-state index is 11.4. The number of halogens is 1. The molecule has 0 heterocycles. The van der Waals surface area contributed by atoms with E-state index in [0.29, 0.717) is 23.8 Å². The average molecular weight is 240 g/mol. The van der Waals surface area contributed by atoms with E-state index < -0.39 is 0 Å². The third-order valence-corrected chi connectivity index (χ3v) is 2.13. The van der Waals surface area contributed by atoms with Crippen LogP contribution in [0.5, 0.6) is 0 Å². The summed E-state index contributed by atoms with van der Waals surface area (Å²) >= 11 is 5.88. The quantitative estimate of drug-likeness (QED) is 0.704.